The van der Waals surface area contributed by atoms with Crippen LogP contribution in [0.1, 0.15) is 32.4 Å². The summed E-state index contributed by atoms with van der Waals surface area (Å²) in [4.78, 5) is 39.6. The van der Waals surface area contributed by atoms with Gasteiger partial charge >= 0.3 is 0 Å². The van der Waals surface area contributed by atoms with Crippen molar-refractivity contribution < 1.29 is 18.8 Å². The highest BCUT2D eigenvalue weighted by atomic mass is 16.3. The molecule has 0 saturated heterocycles. The van der Waals surface area contributed by atoms with Crippen molar-refractivity contribution in [3.05, 3.63) is 30.2 Å². The van der Waals surface area contributed by atoms with Gasteiger partial charge in [-0.1, -0.05) is 0 Å². The third-order valence-corrected chi connectivity index (χ3v) is 3.78. The normalized spacial score (nSPS) is 12.0. The number of hydrogen-bond acceptors (Lipinski definition) is 4. The van der Waals surface area contributed by atoms with Crippen molar-refractivity contribution in [3.63, 3.8) is 0 Å². The highest BCUT2D eigenvalue weighted by molar-refractivity contribution is 5.95. The van der Waals surface area contributed by atoms with Gasteiger partial charge in [0.1, 0.15) is 11.8 Å². The lowest BCUT2D eigenvalue weighted by molar-refractivity contribution is -0.136. The van der Waals surface area contributed by atoms with E-state index in [1.54, 1.807) is 31.1 Å². The molecule has 3 amide bonds. The Balaban J connectivity index is 2.76. The fourth-order valence-electron chi connectivity index (χ4n) is 2.27. The minimum atomic E-state index is -0.738. The molecule has 1 aromatic rings. The van der Waals surface area contributed by atoms with Gasteiger partial charge in [0.15, 0.2) is 0 Å². The monoisotopic (exact) mass is 349 g/mol. The van der Waals surface area contributed by atoms with Gasteiger partial charge in [-0.05, 0) is 38.5 Å². The third kappa shape index (κ3) is 6.82. The van der Waals surface area contributed by atoms with Gasteiger partial charge < -0.3 is 19.5 Å². The lowest BCUT2D eigenvalue weighted by Crippen LogP contribution is -2.48. The van der Waals surface area contributed by atoms with Crippen molar-refractivity contribution in [2.24, 2.45) is 0 Å². The maximum absolute atomic E-state index is 12.6. The summed E-state index contributed by atoms with van der Waals surface area (Å²) in [7, 11) is 3.32. The molecule has 0 bridgehead atoms. The molecule has 1 atom stereocenters. The third-order valence-electron chi connectivity index (χ3n) is 3.78. The van der Waals surface area contributed by atoms with Crippen LogP contribution in [0.3, 0.4) is 0 Å². The van der Waals surface area contributed by atoms with Crippen molar-refractivity contribution in [2.45, 2.75) is 32.7 Å². The molecule has 0 aliphatic rings. The molecule has 0 aromatic carbocycles. The molecule has 0 spiro atoms. The summed E-state index contributed by atoms with van der Waals surface area (Å²) in [5.74, 6) is -0.127. The number of likely N-dealkylation sites (N-methyl/N-ethyl adjacent to an activating group) is 1. The van der Waals surface area contributed by atoms with Crippen molar-refractivity contribution in [1.82, 2.24) is 15.1 Å². The molecule has 1 N–H and O–H groups in total. The average Bonchev–Trinajstić information content (AvgIpc) is 3.10. The highest BCUT2D eigenvalue weighted by Crippen LogP contribution is 2.06. The van der Waals surface area contributed by atoms with E-state index in [9.17, 15) is 14.4 Å². The van der Waals surface area contributed by atoms with Gasteiger partial charge in [-0.15, -0.1) is 0 Å². The zero-order chi connectivity index (χ0) is 18.8. The summed E-state index contributed by atoms with van der Waals surface area (Å²) < 4.78 is 5.12. The number of nitrogens with one attached hydrogen (secondary N) is 1. The van der Waals surface area contributed by atoms with Crippen molar-refractivity contribution in [3.8, 4) is 0 Å². The van der Waals surface area contributed by atoms with Gasteiger partial charge in [-0.2, -0.15) is 0 Å². The second kappa shape index (κ2) is 10.3. The standard InChI is InChI=1S/C18H27N3O4/c1-5-21(6-2)18(24)15(10-12-17(23)20(3)4)19-16(22)11-9-14-8-7-13-25-14/h7-9,11,13,15H,5-6,10,12H2,1-4H3,(H,19,22)/b11-9+. The first-order chi connectivity index (χ1) is 11.9. The first-order valence-corrected chi connectivity index (χ1v) is 8.40. The van der Waals surface area contributed by atoms with E-state index in [-0.39, 0.29) is 24.7 Å². The van der Waals surface area contributed by atoms with Gasteiger partial charge in [0, 0.05) is 39.7 Å². The second-order valence-corrected chi connectivity index (χ2v) is 5.75. The van der Waals surface area contributed by atoms with Gasteiger partial charge in [-0.25, -0.2) is 0 Å². The summed E-state index contributed by atoms with van der Waals surface area (Å²) in [6.45, 7) is 4.85. The largest absolute Gasteiger partial charge is 0.465 e. The molecular formula is C18H27N3O4. The van der Waals surface area contributed by atoms with Crippen LogP contribution in [-0.4, -0.2) is 60.7 Å². The predicted octanol–water partition coefficient (Wildman–Crippen LogP) is 1.51. The maximum Gasteiger partial charge on any atom is 0.245 e. The summed E-state index contributed by atoms with van der Waals surface area (Å²) in [5, 5.41) is 2.69. The van der Waals surface area contributed by atoms with Gasteiger partial charge in [-0.3, -0.25) is 14.4 Å². The first kappa shape index (κ1) is 20.5. The van der Waals surface area contributed by atoms with Crippen LogP contribution in [0.15, 0.2) is 28.9 Å². The van der Waals surface area contributed by atoms with Crippen molar-refractivity contribution >= 4 is 23.8 Å². The van der Waals surface area contributed by atoms with E-state index in [2.05, 4.69) is 5.32 Å². The molecular weight excluding hydrogens is 322 g/mol. The summed E-state index contributed by atoms with van der Waals surface area (Å²) >= 11 is 0. The van der Waals surface area contributed by atoms with Crippen LogP contribution in [0.25, 0.3) is 6.08 Å². The van der Waals surface area contributed by atoms with Gasteiger partial charge in [0.05, 0.1) is 6.26 Å². The first-order valence-electron chi connectivity index (χ1n) is 8.40. The molecule has 0 fully saturated rings. The molecule has 0 aliphatic carbocycles. The van der Waals surface area contributed by atoms with E-state index in [4.69, 9.17) is 4.42 Å². The van der Waals surface area contributed by atoms with Gasteiger partial charge in [0.25, 0.3) is 0 Å². The zero-order valence-corrected chi connectivity index (χ0v) is 15.3. The maximum atomic E-state index is 12.6. The molecule has 7 nitrogen and oxygen atoms in total. The van der Waals surface area contributed by atoms with Crippen LogP contribution in [0.2, 0.25) is 0 Å². The molecule has 138 valence electrons. The number of rotatable bonds is 9. The number of nitrogens with zero attached hydrogens (tertiary/aromatic N) is 2. The number of hydrogen-bond donors (Lipinski definition) is 1. The van der Waals surface area contributed by atoms with Crippen LogP contribution in [0.4, 0.5) is 0 Å². The molecule has 1 heterocycles. The molecule has 0 saturated carbocycles. The fourth-order valence-corrected chi connectivity index (χ4v) is 2.27. The molecule has 25 heavy (non-hydrogen) atoms. The quantitative estimate of drug-likeness (QED) is 0.685. The van der Waals surface area contributed by atoms with E-state index < -0.39 is 11.9 Å². The molecule has 1 aromatic heterocycles. The van der Waals surface area contributed by atoms with Crippen molar-refractivity contribution in [1.29, 1.82) is 0 Å². The number of furan rings is 1. The SMILES string of the molecule is CCN(CC)C(=O)C(CCC(=O)N(C)C)NC(=O)/C=C/c1ccco1. The summed E-state index contributed by atoms with van der Waals surface area (Å²) in [6, 6.07) is 2.70. The Hall–Kier alpha value is -2.57. The van der Waals surface area contributed by atoms with E-state index in [0.29, 0.717) is 18.8 Å². The molecule has 1 rings (SSSR count). The Labute approximate surface area is 148 Å². The van der Waals surface area contributed by atoms with Crippen molar-refractivity contribution in [2.75, 3.05) is 27.2 Å². The highest BCUT2D eigenvalue weighted by Gasteiger charge is 2.24. The molecule has 7 heteroatoms. The molecule has 0 radical (unpaired) electrons. The van der Waals surface area contributed by atoms with Crippen LogP contribution in [0, 0.1) is 0 Å². The van der Waals surface area contributed by atoms with Crippen LogP contribution in [-0.2, 0) is 14.4 Å². The second-order valence-electron chi connectivity index (χ2n) is 5.75. The minimum Gasteiger partial charge on any atom is -0.465 e. The van der Waals surface area contributed by atoms with Crippen LogP contribution >= 0.6 is 0 Å². The summed E-state index contributed by atoms with van der Waals surface area (Å²) in [6.07, 6.45) is 4.80. The van der Waals surface area contributed by atoms with E-state index >= 15 is 0 Å². The number of carbonyl (C=O) groups excluding carboxylic acids is 3. The predicted molar refractivity (Wildman–Crippen MR) is 95.5 cm³/mol. The van der Waals surface area contributed by atoms with E-state index in [0.717, 1.165) is 0 Å². The van der Waals surface area contributed by atoms with E-state index in [1.807, 2.05) is 13.8 Å². The topological polar surface area (TPSA) is 82.9 Å². The Morgan fingerprint density at radius 3 is 2.44 bits per heavy atom. The fraction of sp³-hybridized carbons (Fsp3) is 0.500. The Kier molecular flexibility index (Phi) is 8.46. The Bertz CT molecular complexity index is 589. The van der Waals surface area contributed by atoms with Crippen LogP contribution in [0.5, 0.6) is 0 Å². The molecule has 1 unspecified atom stereocenters. The van der Waals surface area contributed by atoms with Crippen LogP contribution < -0.4 is 5.32 Å². The lowest BCUT2D eigenvalue weighted by Gasteiger charge is -2.25. The number of amides is 3. The lowest BCUT2D eigenvalue weighted by atomic mass is 10.1. The average molecular weight is 349 g/mol. The Morgan fingerprint density at radius 1 is 1.24 bits per heavy atom. The van der Waals surface area contributed by atoms with Gasteiger partial charge in [0.2, 0.25) is 17.7 Å². The molecule has 0 aliphatic heterocycles. The zero-order valence-electron chi connectivity index (χ0n) is 15.3. The minimum absolute atomic E-state index is 0.0854. The summed E-state index contributed by atoms with van der Waals surface area (Å²) in [5.41, 5.74) is 0. The number of carbonyl (C=O) groups is 3. The smallest absolute Gasteiger partial charge is 0.245 e. The van der Waals surface area contributed by atoms with E-state index in [1.165, 1.54) is 23.3 Å². The Morgan fingerprint density at radius 2 is 1.92 bits per heavy atom.